The number of hydrogen-bond donors (Lipinski definition) is 2. The minimum Gasteiger partial charge on any atom is -0.330 e. The second kappa shape index (κ2) is 7.92. The van der Waals surface area contributed by atoms with Gasteiger partial charge in [0.05, 0.1) is 0 Å². The molecule has 55 valence electrons. The molecule has 0 heterocycles. The highest BCUT2D eigenvalue weighted by atomic mass is 14.8. The van der Waals surface area contributed by atoms with E-state index in [1.165, 1.54) is 6.42 Å². The first kappa shape index (κ1) is 8.92. The lowest BCUT2D eigenvalue weighted by Crippen LogP contribution is -2.12. The van der Waals surface area contributed by atoms with Gasteiger partial charge in [0.2, 0.25) is 0 Å². The van der Waals surface area contributed by atoms with Crippen molar-refractivity contribution in [2.24, 2.45) is 5.73 Å². The number of nitrogens with one attached hydrogen (secondary N) is 1. The predicted molar refractivity (Wildman–Crippen MR) is 40.9 cm³/mol. The minimum absolute atomic E-state index is 0.813. The molecule has 9 heavy (non-hydrogen) atoms. The fourth-order valence-corrected chi connectivity index (χ4v) is 0.618. The third kappa shape index (κ3) is 7.92. The Morgan fingerprint density at radius 2 is 2.22 bits per heavy atom. The maximum atomic E-state index is 5.31. The van der Waals surface area contributed by atoms with E-state index in [-0.39, 0.29) is 0 Å². The van der Waals surface area contributed by atoms with Crippen LogP contribution in [0.25, 0.3) is 0 Å². The molecule has 0 aliphatic heterocycles. The second-order valence-corrected chi connectivity index (χ2v) is 2.06. The molecular formula is C7H17N2. The standard InChI is InChI=1S/C7H17N2/c1-2-6-9-7-4-3-5-8/h6,9H,2-5,7-8H2,1H3. The molecule has 0 unspecified atom stereocenters. The fourth-order valence-electron chi connectivity index (χ4n) is 0.618. The highest BCUT2D eigenvalue weighted by Gasteiger charge is 1.84. The van der Waals surface area contributed by atoms with E-state index < -0.39 is 0 Å². The van der Waals surface area contributed by atoms with Gasteiger partial charge in [0.15, 0.2) is 0 Å². The Bertz CT molecular complexity index is 40.2. The van der Waals surface area contributed by atoms with Gasteiger partial charge in [-0.25, -0.2) is 0 Å². The van der Waals surface area contributed by atoms with Crippen LogP contribution in [0.15, 0.2) is 0 Å². The first-order valence-corrected chi connectivity index (χ1v) is 3.67. The number of unbranched alkanes of at least 4 members (excludes halogenated alkanes) is 1. The van der Waals surface area contributed by atoms with Crippen LogP contribution in [0.1, 0.15) is 26.2 Å². The van der Waals surface area contributed by atoms with Crippen LogP contribution in [0.2, 0.25) is 0 Å². The van der Waals surface area contributed by atoms with Gasteiger partial charge in [0.1, 0.15) is 0 Å². The van der Waals surface area contributed by atoms with Gasteiger partial charge in [0, 0.05) is 6.54 Å². The van der Waals surface area contributed by atoms with Crippen LogP contribution in [-0.4, -0.2) is 13.1 Å². The van der Waals surface area contributed by atoms with Crippen LogP contribution in [0.3, 0.4) is 0 Å². The van der Waals surface area contributed by atoms with E-state index in [0.29, 0.717) is 0 Å². The molecule has 0 aromatic carbocycles. The first-order valence-electron chi connectivity index (χ1n) is 3.67. The van der Waals surface area contributed by atoms with Crippen LogP contribution < -0.4 is 11.1 Å². The molecule has 0 spiro atoms. The second-order valence-electron chi connectivity index (χ2n) is 2.06. The van der Waals surface area contributed by atoms with Crippen molar-refractivity contribution in [3.05, 3.63) is 6.54 Å². The molecule has 0 saturated heterocycles. The average molecular weight is 129 g/mol. The monoisotopic (exact) mass is 129 g/mol. The van der Waals surface area contributed by atoms with Crippen LogP contribution >= 0.6 is 0 Å². The molecule has 1 radical (unpaired) electrons. The lowest BCUT2D eigenvalue weighted by molar-refractivity contribution is 0.668. The minimum atomic E-state index is 0.813. The van der Waals surface area contributed by atoms with Crippen LogP contribution in [0, 0.1) is 6.54 Å². The Morgan fingerprint density at radius 3 is 2.78 bits per heavy atom. The van der Waals surface area contributed by atoms with E-state index in [4.69, 9.17) is 5.73 Å². The lowest BCUT2D eigenvalue weighted by atomic mass is 10.3. The van der Waals surface area contributed by atoms with Crippen LogP contribution in [0.5, 0.6) is 0 Å². The summed E-state index contributed by atoms with van der Waals surface area (Å²) in [5, 5.41) is 3.19. The highest BCUT2D eigenvalue weighted by Crippen LogP contribution is 1.84. The predicted octanol–water partition coefficient (Wildman–Crippen LogP) is 0.887. The van der Waals surface area contributed by atoms with Gasteiger partial charge in [-0.2, -0.15) is 0 Å². The van der Waals surface area contributed by atoms with Crippen molar-refractivity contribution in [3.63, 3.8) is 0 Å². The third-order valence-corrected chi connectivity index (χ3v) is 1.12. The van der Waals surface area contributed by atoms with Crippen molar-refractivity contribution in [3.8, 4) is 0 Å². The van der Waals surface area contributed by atoms with E-state index in [1.807, 2.05) is 0 Å². The summed E-state index contributed by atoms with van der Waals surface area (Å²) in [5.41, 5.74) is 5.31. The molecule has 0 aromatic rings. The van der Waals surface area contributed by atoms with E-state index in [9.17, 15) is 0 Å². The van der Waals surface area contributed by atoms with Crippen molar-refractivity contribution < 1.29 is 0 Å². The molecule has 0 aliphatic carbocycles. The van der Waals surface area contributed by atoms with E-state index in [0.717, 1.165) is 25.9 Å². The van der Waals surface area contributed by atoms with Crippen molar-refractivity contribution in [1.29, 1.82) is 0 Å². The zero-order valence-corrected chi connectivity index (χ0v) is 6.19. The Hall–Kier alpha value is -0.0800. The number of rotatable bonds is 6. The van der Waals surface area contributed by atoms with Crippen molar-refractivity contribution >= 4 is 0 Å². The summed E-state index contributed by atoms with van der Waals surface area (Å²) in [7, 11) is 0. The Balaban J connectivity index is 2.60. The summed E-state index contributed by atoms with van der Waals surface area (Å²) < 4.78 is 0. The molecular weight excluding hydrogens is 112 g/mol. The van der Waals surface area contributed by atoms with Crippen molar-refractivity contribution in [2.45, 2.75) is 26.2 Å². The SMILES string of the molecule is CC[CH]NCCCCN. The quantitative estimate of drug-likeness (QED) is 0.523. The smallest absolute Gasteiger partial charge is 0.0218 e. The fraction of sp³-hybridized carbons (Fsp3) is 0.857. The van der Waals surface area contributed by atoms with Crippen molar-refractivity contribution in [1.82, 2.24) is 5.32 Å². The van der Waals surface area contributed by atoms with Gasteiger partial charge >= 0.3 is 0 Å². The summed E-state index contributed by atoms with van der Waals surface area (Å²) in [5.74, 6) is 0. The van der Waals surface area contributed by atoms with Gasteiger partial charge in [-0.05, 0) is 32.4 Å². The first-order chi connectivity index (χ1) is 4.41. The maximum absolute atomic E-state index is 5.31. The van der Waals surface area contributed by atoms with Gasteiger partial charge in [-0.3, -0.25) is 0 Å². The lowest BCUT2D eigenvalue weighted by Gasteiger charge is -1.99. The summed E-state index contributed by atoms with van der Waals surface area (Å²) in [6.45, 7) is 6.09. The van der Waals surface area contributed by atoms with Crippen molar-refractivity contribution in [2.75, 3.05) is 13.1 Å². The average Bonchev–Trinajstić information content (AvgIpc) is 1.89. The summed E-state index contributed by atoms with van der Waals surface area (Å²) in [6, 6.07) is 0. The molecule has 2 nitrogen and oxygen atoms in total. The molecule has 0 aromatic heterocycles. The van der Waals surface area contributed by atoms with Gasteiger partial charge in [-0.15, -0.1) is 0 Å². The zero-order chi connectivity index (χ0) is 6.95. The molecule has 0 atom stereocenters. The van der Waals surface area contributed by atoms with Crippen LogP contribution in [0.4, 0.5) is 0 Å². The molecule has 0 rings (SSSR count). The topological polar surface area (TPSA) is 38.0 Å². The van der Waals surface area contributed by atoms with Crippen LogP contribution in [-0.2, 0) is 0 Å². The molecule has 0 aliphatic rings. The molecule has 0 fully saturated rings. The molecule has 2 heteroatoms. The Labute approximate surface area is 57.8 Å². The Kier molecular flexibility index (Phi) is 7.85. The summed E-state index contributed by atoms with van der Waals surface area (Å²) in [6.07, 6.45) is 3.42. The van der Waals surface area contributed by atoms with E-state index in [2.05, 4.69) is 18.8 Å². The normalized spacial score (nSPS) is 10.0. The molecule has 0 saturated carbocycles. The molecule has 0 amide bonds. The van der Waals surface area contributed by atoms with E-state index >= 15 is 0 Å². The van der Waals surface area contributed by atoms with Gasteiger partial charge in [-0.1, -0.05) is 6.92 Å². The molecule has 0 bridgehead atoms. The zero-order valence-electron chi connectivity index (χ0n) is 6.19. The Morgan fingerprint density at radius 1 is 1.44 bits per heavy atom. The number of hydrogen-bond acceptors (Lipinski definition) is 2. The highest BCUT2D eigenvalue weighted by molar-refractivity contribution is 4.57. The summed E-state index contributed by atoms with van der Waals surface area (Å²) >= 11 is 0. The van der Waals surface area contributed by atoms with E-state index in [1.54, 1.807) is 0 Å². The molecule has 3 N–H and O–H groups in total. The summed E-state index contributed by atoms with van der Waals surface area (Å²) in [4.78, 5) is 0. The largest absolute Gasteiger partial charge is 0.330 e. The third-order valence-electron chi connectivity index (χ3n) is 1.12. The number of nitrogens with two attached hydrogens (primary N) is 1. The van der Waals surface area contributed by atoms with Gasteiger partial charge < -0.3 is 11.1 Å². The van der Waals surface area contributed by atoms with Gasteiger partial charge in [0.25, 0.3) is 0 Å². The maximum Gasteiger partial charge on any atom is 0.0218 e.